The van der Waals surface area contributed by atoms with Crippen molar-refractivity contribution in [2.24, 2.45) is 5.92 Å². The van der Waals surface area contributed by atoms with E-state index in [1.54, 1.807) is 12.1 Å². The van der Waals surface area contributed by atoms with Crippen LogP contribution in [-0.2, 0) is 9.53 Å². The molecule has 19 heavy (non-hydrogen) atoms. The van der Waals surface area contributed by atoms with Gasteiger partial charge in [-0.15, -0.1) is 0 Å². The van der Waals surface area contributed by atoms with Gasteiger partial charge in [0.25, 0.3) is 0 Å². The van der Waals surface area contributed by atoms with Gasteiger partial charge in [-0.05, 0) is 38.8 Å². The van der Waals surface area contributed by atoms with Crippen molar-refractivity contribution in [3.63, 3.8) is 0 Å². The van der Waals surface area contributed by atoms with Crippen molar-refractivity contribution in [1.82, 2.24) is 0 Å². The van der Waals surface area contributed by atoms with Crippen LogP contribution < -0.4 is 9.47 Å². The maximum atomic E-state index is 12.0. The third-order valence-electron chi connectivity index (χ3n) is 2.95. The topological polar surface area (TPSA) is 44.8 Å². The van der Waals surface area contributed by atoms with E-state index in [1.807, 2.05) is 26.0 Å². The summed E-state index contributed by atoms with van der Waals surface area (Å²) >= 11 is 0. The van der Waals surface area contributed by atoms with Crippen LogP contribution in [0.15, 0.2) is 24.3 Å². The average Bonchev–Trinajstić information content (AvgIpc) is 2.39. The number of carbonyl (C=O) groups excluding carboxylic acids is 1. The van der Waals surface area contributed by atoms with E-state index >= 15 is 0 Å². The predicted molar refractivity (Wildman–Crippen MR) is 71.4 cm³/mol. The van der Waals surface area contributed by atoms with Crippen LogP contribution in [0.3, 0.4) is 0 Å². The molecular weight excluding hydrogens is 244 g/mol. The zero-order valence-electron chi connectivity index (χ0n) is 11.4. The Balaban J connectivity index is 1.96. The van der Waals surface area contributed by atoms with Gasteiger partial charge >= 0.3 is 5.97 Å². The highest BCUT2D eigenvalue weighted by molar-refractivity contribution is 5.75. The van der Waals surface area contributed by atoms with Gasteiger partial charge in [-0.2, -0.15) is 0 Å². The molecule has 1 fully saturated rings. The number of carbonyl (C=O) groups is 1. The molecule has 4 heteroatoms. The summed E-state index contributed by atoms with van der Waals surface area (Å²) in [6, 6.07) is 7.19. The third-order valence-corrected chi connectivity index (χ3v) is 2.95. The largest absolute Gasteiger partial charge is 0.491 e. The van der Waals surface area contributed by atoms with Gasteiger partial charge in [0.15, 0.2) is 0 Å². The fourth-order valence-corrected chi connectivity index (χ4v) is 2.02. The zero-order chi connectivity index (χ0) is 13.7. The van der Waals surface area contributed by atoms with E-state index in [4.69, 9.17) is 14.2 Å². The molecule has 0 N–H and O–H groups in total. The second-order valence-corrected chi connectivity index (χ2v) is 4.95. The monoisotopic (exact) mass is 264 g/mol. The van der Waals surface area contributed by atoms with E-state index in [0.717, 1.165) is 12.8 Å². The lowest BCUT2D eigenvalue weighted by Gasteiger charge is -2.20. The Morgan fingerprint density at radius 2 is 1.95 bits per heavy atom. The number of benzene rings is 1. The molecule has 0 unspecified atom stereocenters. The molecule has 2 rings (SSSR count). The van der Waals surface area contributed by atoms with Gasteiger partial charge in [0.05, 0.1) is 12.0 Å². The van der Waals surface area contributed by atoms with E-state index in [0.29, 0.717) is 24.7 Å². The van der Waals surface area contributed by atoms with Gasteiger partial charge in [0.1, 0.15) is 11.5 Å². The zero-order valence-corrected chi connectivity index (χ0v) is 11.4. The second-order valence-electron chi connectivity index (χ2n) is 4.95. The van der Waals surface area contributed by atoms with Gasteiger partial charge < -0.3 is 14.2 Å². The molecular formula is C15H20O4. The summed E-state index contributed by atoms with van der Waals surface area (Å²) in [4.78, 5) is 12.0. The third kappa shape index (κ3) is 4.24. The minimum Gasteiger partial charge on any atom is -0.491 e. The van der Waals surface area contributed by atoms with Crippen molar-refractivity contribution in [2.45, 2.75) is 32.8 Å². The van der Waals surface area contributed by atoms with E-state index in [-0.39, 0.29) is 18.0 Å². The Bertz CT molecular complexity index is 422. The van der Waals surface area contributed by atoms with Crippen LogP contribution in [0.4, 0.5) is 0 Å². The summed E-state index contributed by atoms with van der Waals surface area (Å²) in [6.07, 6.45) is 1.57. The summed E-state index contributed by atoms with van der Waals surface area (Å²) in [5.41, 5.74) is 0. The van der Waals surface area contributed by atoms with Crippen molar-refractivity contribution in [2.75, 3.05) is 13.2 Å². The standard InChI is InChI=1S/C15H20O4/c1-11(2)18-13-4-3-5-14(10-13)19-15(16)12-6-8-17-9-7-12/h3-5,10-12H,6-9H2,1-2H3. The van der Waals surface area contributed by atoms with Crippen LogP contribution in [0.25, 0.3) is 0 Å². The van der Waals surface area contributed by atoms with Crippen molar-refractivity contribution in [1.29, 1.82) is 0 Å². The van der Waals surface area contributed by atoms with Crippen LogP contribution >= 0.6 is 0 Å². The van der Waals surface area contributed by atoms with Gasteiger partial charge in [0.2, 0.25) is 0 Å². The van der Waals surface area contributed by atoms with Crippen LogP contribution in [0, 0.1) is 5.92 Å². The number of esters is 1. The summed E-state index contributed by atoms with van der Waals surface area (Å²) in [5, 5.41) is 0. The summed E-state index contributed by atoms with van der Waals surface area (Å²) in [6.45, 7) is 5.19. The summed E-state index contributed by atoms with van der Waals surface area (Å²) in [7, 11) is 0. The number of hydrogen-bond donors (Lipinski definition) is 0. The molecule has 0 saturated carbocycles. The number of rotatable bonds is 4. The molecule has 4 nitrogen and oxygen atoms in total. The molecule has 0 bridgehead atoms. The Kier molecular flexibility index (Phi) is 4.80. The molecule has 1 heterocycles. The number of ether oxygens (including phenoxy) is 3. The molecule has 1 aromatic carbocycles. The Hall–Kier alpha value is -1.55. The van der Waals surface area contributed by atoms with Crippen molar-refractivity contribution in [3.8, 4) is 11.5 Å². The van der Waals surface area contributed by atoms with Crippen LogP contribution in [0.2, 0.25) is 0 Å². The Morgan fingerprint density at radius 1 is 1.26 bits per heavy atom. The highest BCUT2D eigenvalue weighted by atomic mass is 16.5. The average molecular weight is 264 g/mol. The first-order valence-corrected chi connectivity index (χ1v) is 6.71. The molecule has 0 amide bonds. The lowest BCUT2D eigenvalue weighted by Crippen LogP contribution is -2.27. The van der Waals surface area contributed by atoms with Gasteiger partial charge in [-0.1, -0.05) is 6.07 Å². The lowest BCUT2D eigenvalue weighted by molar-refractivity contribution is -0.141. The normalized spacial score (nSPS) is 16.4. The number of hydrogen-bond acceptors (Lipinski definition) is 4. The minimum absolute atomic E-state index is 0.0524. The van der Waals surface area contributed by atoms with Crippen LogP contribution in [-0.4, -0.2) is 25.3 Å². The maximum Gasteiger partial charge on any atom is 0.314 e. The molecule has 1 saturated heterocycles. The first-order chi connectivity index (χ1) is 9.15. The van der Waals surface area contributed by atoms with Gasteiger partial charge in [-0.3, -0.25) is 4.79 Å². The van der Waals surface area contributed by atoms with Crippen molar-refractivity contribution in [3.05, 3.63) is 24.3 Å². The highest BCUT2D eigenvalue weighted by Crippen LogP contribution is 2.23. The van der Waals surface area contributed by atoms with E-state index in [2.05, 4.69) is 0 Å². The molecule has 0 aromatic heterocycles. The van der Waals surface area contributed by atoms with E-state index < -0.39 is 0 Å². The molecule has 1 aromatic rings. The first-order valence-electron chi connectivity index (χ1n) is 6.71. The maximum absolute atomic E-state index is 12.0. The Morgan fingerprint density at radius 3 is 2.63 bits per heavy atom. The Labute approximate surface area is 113 Å². The van der Waals surface area contributed by atoms with Crippen molar-refractivity contribution >= 4 is 5.97 Å². The fraction of sp³-hybridized carbons (Fsp3) is 0.533. The van der Waals surface area contributed by atoms with Gasteiger partial charge in [0, 0.05) is 19.3 Å². The summed E-state index contributed by atoms with van der Waals surface area (Å²) < 4.78 is 16.2. The molecule has 1 aliphatic heterocycles. The lowest BCUT2D eigenvalue weighted by atomic mass is 10.0. The van der Waals surface area contributed by atoms with E-state index in [1.165, 1.54) is 0 Å². The SMILES string of the molecule is CC(C)Oc1cccc(OC(=O)C2CCOCC2)c1. The molecule has 0 atom stereocenters. The minimum atomic E-state index is -0.176. The molecule has 0 radical (unpaired) electrons. The molecule has 0 aliphatic carbocycles. The molecule has 0 spiro atoms. The van der Waals surface area contributed by atoms with Crippen molar-refractivity contribution < 1.29 is 19.0 Å². The molecule has 104 valence electrons. The summed E-state index contributed by atoms with van der Waals surface area (Å²) in [5.74, 6) is 1.02. The first kappa shape index (κ1) is 13.9. The smallest absolute Gasteiger partial charge is 0.314 e. The fourth-order valence-electron chi connectivity index (χ4n) is 2.02. The van der Waals surface area contributed by atoms with E-state index in [9.17, 15) is 4.79 Å². The van der Waals surface area contributed by atoms with Gasteiger partial charge in [-0.25, -0.2) is 0 Å². The quantitative estimate of drug-likeness (QED) is 0.619. The van der Waals surface area contributed by atoms with Crippen LogP contribution in [0.5, 0.6) is 11.5 Å². The molecule has 1 aliphatic rings. The second kappa shape index (κ2) is 6.57. The highest BCUT2D eigenvalue weighted by Gasteiger charge is 2.23. The predicted octanol–water partition coefficient (Wildman–Crippen LogP) is 2.81. The van der Waals surface area contributed by atoms with Crippen LogP contribution in [0.1, 0.15) is 26.7 Å².